The van der Waals surface area contributed by atoms with Gasteiger partial charge in [-0.3, -0.25) is 4.79 Å². The van der Waals surface area contributed by atoms with E-state index >= 15 is 0 Å². The predicted molar refractivity (Wildman–Crippen MR) is 85.2 cm³/mol. The fourth-order valence-corrected chi connectivity index (χ4v) is 9.21. The molecule has 0 saturated carbocycles. The van der Waals surface area contributed by atoms with Crippen molar-refractivity contribution in [1.29, 1.82) is 0 Å². The number of ether oxygens (including phenoxy) is 1. The summed E-state index contributed by atoms with van der Waals surface area (Å²) in [6, 6.07) is 0. The second-order valence-corrected chi connectivity index (χ2v) is 12.1. The van der Waals surface area contributed by atoms with Crippen LogP contribution in [0.2, 0.25) is 16.6 Å². The van der Waals surface area contributed by atoms with Gasteiger partial charge in [0.2, 0.25) is 8.32 Å². The average Bonchev–Trinajstić information content (AvgIpc) is 2.70. The van der Waals surface area contributed by atoms with Crippen LogP contribution >= 0.6 is 0 Å². The summed E-state index contributed by atoms with van der Waals surface area (Å²) in [6.45, 7) is 15.2. The van der Waals surface area contributed by atoms with E-state index in [2.05, 4.69) is 47.6 Å². The molecule has 2 atom stereocenters. The number of carbonyl (C=O) groups excluding carboxylic acids is 1. The van der Waals surface area contributed by atoms with Crippen LogP contribution in [0.4, 0.5) is 0 Å². The lowest BCUT2D eigenvalue weighted by Gasteiger charge is -2.43. The van der Waals surface area contributed by atoms with E-state index in [1.165, 1.54) is 6.92 Å². The van der Waals surface area contributed by atoms with Gasteiger partial charge in [-0.05, 0) is 22.7 Å². The van der Waals surface area contributed by atoms with Gasteiger partial charge in [-0.25, -0.2) is 0 Å². The molecular formula is C16H30O3Si. The van der Waals surface area contributed by atoms with Crippen molar-refractivity contribution >= 4 is 14.3 Å². The Kier molecular flexibility index (Phi) is 6.01. The van der Waals surface area contributed by atoms with Crippen molar-refractivity contribution in [1.82, 2.24) is 0 Å². The molecule has 0 unspecified atom stereocenters. The molecule has 116 valence electrons. The standard InChI is InChI=1S/C16H30O3Si/c1-11(2)20(12(3)4,13(5)6)19-16-9-8-15(10-16)18-14(7)17/h8-9,11-13,15-16H,10H2,1-7H3/t15-,16+/m0/s1. The maximum atomic E-state index is 11.0. The molecule has 1 aliphatic rings. The fraction of sp³-hybridized carbons (Fsp3) is 0.812. The van der Waals surface area contributed by atoms with Crippen LogP contribution in [0.5, 0.6) is 0 Å². The molecule has 0 radical (unpaired) electrons. The van der Waals surface area contributed by atoms with Gasteiger partial charge < -0.3 is 9.16 Å². The van der Waals surface area contributed by atoms with Crippen LogP contribution < -0.4 is 0 Å². The van der Waals surface area contributed by atoms with Crippen molar-refractivity contribution in [2.75, 3.05) is 0 Å². The minimum absolute atomic E-state index is 0.0956. The molecule has 0 saturated heterocycles. The van der Waals surface area contributed by atoms with Crippen molar-refractivity contribution in [2.45, 2.75) is 83.7 Å². The molecule has 20 heavy (non-hydrogen) atoms. The summed E-state index contributed by atoms with van der Waals surface area (Å²) in [6.07, 6.45) is 4.78. The zero-order valence-electron chi connectivity index (χ0n) is 14.0. The number of rotatable bonds is 6. The van der Waals surface area contributed by atoms with E-state index in [0.29, 0.717) is 16.6 Å². The lowest BCUT2D eigenvalue weighted by molar-refractivity contribution is -0.144. The van der Waals surface area contributed by atoms with Gasteiger partial charge in [-0.2, -0.15) is 0 Å². The van der Waals surface area contributed by atoms with Gasteiger partial charge in [-0.1, -0.05) is 47.6 Å². The molecule has 0 aromatic rings. The van der Waals surface area contributed by atoms with Crippen molar-refractivity contribution in [3.05, 3.63) is 12.2 Å². The lowest BCUT2D eigenvalue weighted by atomic mass is 10.3. The van der Waals surface area contributed by atoms with Gasteiger partial charge in [-0.15, -0.1) is 0 Å². The smallest absolute Gasteiger partial charge is 0.303 e. The summed E-state index contributed by atoms with van der Waals surface area (Å²) in [5, 5.41) is 0. The highest BCUT2D eigenvalue weighted by Crippen LogP contribution is 2.44. The topological polar surface area (TPSA) is 35.5 Å². The van der Waals surface area contributed by atoms with Crippen molar-refractivity contribution in [3.63, 3.8) is 0 Å². The Morgan fingerprint density at radius 2 is 1.45 bits per heavy atom. The molecule has 3 nitrogen and oxygen atoms in total. The monoisotopic (exact) mass is 298 g/mol. The van der Waals surface area contributed by atoms with E-state index in [4.69, 9.17) is 9.16 Å². The van der Waals surface area contributed by atoms with E-state index in [0.717, 1.165) is 6.42 Å². The Hall–Kier alpha value is -0.613. The molecule has 0 N–H and O–H groups in total. The maximum Gasteiger partial charge on any atom is 0.303 e. The average molecular weight is 298 g/mol. The van der Waals surface area contributed by atoms with Crippen LogP contribution in [0, 0.1) is 0 Å². The molecule has 1 aliphatic carbocycles. The highest BCUT2D eigenvalue weighted by Gasteiger charge is 2.47. The van der Waals surface area contributed by atoms with Crippen LogP contribution in [0.3, 0.4) is 0 Å². The Bertz CT molecular complexity index is 339. The first-order valence-corrected chi connectivity index (χ1v) is 9.87. The Balaban J connectivity index is 2.78. The zero-order chi connectivity index (χ0) is 15.5. The second-order valence-electron chi connectivity index (χ2n) is 6.74. The van der Waals surface area contributed by atoms with Gasteiger partial charge in [0.1, 0.15) is 6.10 Å². The summed E-state index contributed by atoms with van der Waals surface area (Å²) in [5.41, 5.74) is 1.72. The molecule has 0 aromatic heterocycles. The Labute approximate surface area is 124 Å². The Morgan fingerprint density at radius 3 is 1.85 bits per heavy atom. The molecule has 0 fully saturated rings. The minimum Gasteiger partial charge on any atom is -0.458 e. The largest absolute Gasteiger partial charge is 0.458 e. The lowest BCUT2D eigenvalue weighted by Crippen LogP contribution is -2.49. The van der Waals surface area contributed by atoms with E-state index < -0.39 is 8.32 Å². The molecule has 4 heteroatoms. The zero-order valence-corrected chi connectivity index (χ0v) is 15.0. The molecule has 0 amide bonds. The first kappa shape index (κ1) is 17.4. The summed E-state index contributed by atoms with van der Waals surface area (Å²) in [7, 11) is -1.85. The van der Waals surface area contributed by atoms with E-state index in [1.807, 2.05) is 6.08 Å². The SMILES string of the molecule is CC(=O)O[C@H]1C=C[C@@H](O[Si](C(C)C)(C(C)C)C(C)C)C1. The van der Waals surface area contributed by atoms with Gasteiger partial charge in [0.05, 0.1) is 6.10 Å². The second kappa shape index (κ2) is 6.90. The molecule has 1 rings (SSSR count). The minimum atomic E-state index is -1.85. The predicted octanol–water partition coefficient (Wildman–Crippen LogP) is 4.44. The van der Waals surface area contributed by atoms with Gasteiger partial charge in [0.25, 0.3) is 0 Å². The van der Waals surface area contributed by atoms with Crippen LogP contribution in [-0.2, 0) is 14.0 Å². The first-order valence-electron chi connectivity index (χ1n) is 7.73. The summed E-state index contributed by atoms with van der Waals surface area (Å²) in [4.78, 5) is 11.0. The molecule has 0 aromatic carbocycles. The molecule has 0 bridgehead atoms. The molecule has 0 spiro atoms. The highest BCUT2D eigenvalue weighted by molar-refractivity contribution is 6.77. The fourth-order valence-electron chi connectivity index (χ4n) is 3.69. The third-order valence-electron chi connectivity index (χ3n) is 4.38. The molecule has 0 heterocycles. The van der Waals surface area contributed by atoms with E-state index in [-0.39, 0.29) is 18.2 Å². The van der Waals surface area contributed by atoms with Gasteiger partial charge >= 0.3 is 5.97 Å². The van der Waals surface area contributed by atoms with E-state index in [9.17, 15) is 4.79 Å². The van der Waals surface area contributed by atoms with Crippen molar-refractivity contribution in [2.24, 2.45) is 0 Å². The van der Waals surface area contributed by atoms with Crippen molar-refractivity contribution in [3.8, 4) is 0 Å². The highest BCUT2D eigenvalue weighted by atomic mass is 28.4. The van der Waals surface area contributed by atoms with Gasteiger partial charge in [0, 0.05) is 13.3 Å². The molecular weight excluding hydrogens is 268 g/mol. The van der Waals surface area contributed by atoms with Crippen LogP contribution in [0.15, 0.2) is 12.2 Å². The van der Waals surface area contributed by atoms with E-state index in [1.54, 1.807) is 0 Å². The third kappa shape index (κ3) is 3.73. The van der Waals surface area contributed by atoms with Crippen LogP contribution in [0.1, 0.15) is 54.9 Å². The number of esters is 1. The quantitative estimate of drug-likeness (QED) is 0.413. The Morgan fingerprint density at radius 1 is 1.00 bits per heavy atom. The summed E-state index contributed by atoms with van der Waals surface area (Å²) < 4.78 is 11.9. The summed E-state index contributed by atoms with van der Waals surface area (Å²) in [5.74, 6) is -0.222. The normalized spacial score (nSPS) is 23.1. The number of carbonyl (C=O) groups is 1. The van der Waals surface area contributed by atoms with Crippen LogP contribution in [0.25, 0.3) is 0 Å². The van der Waals surface area contributed by atoms with Crippen molar-refractivity contribution < 1.29 is 14.0 Å². The first-order chi connectivity index (χ1) is 9.20. The molecule has 0 aliphatic heterocycles. The number of hydrogen-bond acceptors (Lipinski definition) is 3. The third-order valence-corrected chi connectivity index (χ3v) is 10.5. The number of hydrogen-bond donors (Lipinski definition) is 0. The van der Waals surface area contributed by atoms with Gasteiger partial charge in [0.15, 0.2) is 0 Å². The maximum absolute atomic E-state index is 11.0. The summed E-state index contributed by atoms with van der Waals surface area (Å²) >= 11 is 0. The van der Waals surface area contributed by atoms with Crippen LogP contribution in [-0.4, -0.2) is 26.5 Å².